The van der Waals surface area contributed by atoms with E-state index in [0.29, 0.717) is 19.7 Å². The molecule has 2 rings (SSSR count). The molecule has 2 N–H and O–H groups in total. The summed E-state index contributed by atoms with van der Waals surface area (Å²) in [6, 6.07) is 13.2. The minimum Gasteiger partial charge on any atom is -0.449 e. The number of nitrogens with one attached hydrogen (secondary N) is 2. The Bertz CT molecular complexity index is 857. The normalized spacial score (nSPS) is 11.4. The molecule has 0 aliphatic rings. The van der Waals surface area contributed by atoms with Gasteiger partial charge in [0.1, 0.15) is 5.69 Å². The fraction of sp³-hybridized carbons (Fsp3) is 0.300. The first-order valence-corrected chi connectivity index (χ1v) is 8.96. The van der Waals surface area contributed by atoms with Gasteiger partial charge in [0.2, 0.25) is 0 Å². The SMILES string of the molecule is COCCNc1ccc(C(=O)O[C@H](C)C(=O)NCc2ccccc2)cc1[N+](=O)[O-]. The van der Waals surface area contributed by atoms with Gasteiger partial charge in [-0.15, -0.1) is 0 Å². The number of nitro benzene ring substituents is 1. The summed E-state index contributed by atoms with van der Waals surface area (Å²) in [6.07, 6.45) is -1.05. The van der Waals surface area contributed by atoms with Crippen LogP contribution in [0, 0.1) is 10.1 Å². The molecule has 9 nitrogen and oxygen atoms in total. The fourth-order valence-corrected chi connectivity index (χ4v) is 2.46. The van der Waals surface area contributed by atoms with Gasteiger partial charge in [-0.1, -0.05) is 30.3 Å². The topological polar surface area (TPSA) is 120 Å². The highest BCUT2D eigenvalue weighted by Gasteiger charge is 2.22. The minimum absolute atomic E-state index is 0.0169. The Morgan fingerprint density at radius 1 is 1.17 bits per heavy atom. The van der Waals surface area contributed by atoms with Gasteiger partial charge < -0.3 is 20.1 Å². The van der Waals surface area contributed by atoms with Crippen molar-refractivity contribution in [3.8, 4) is 0 Å². The van der Waals surface area contributed by atoms with Gasteiger partial charge in [-0.2, -0.15) is 0 Å². The van der Waals surface area contributed by atoms with Crippen LogP contribution in [0.5, 0.6) is 0 Å². The number of esters is 1. The molecule has 29 heavy (non-hydrogen) atoms. The van der Waals surface area contributed by atoms with Crippen molar-refractivity contribution in [2.24, 2.45) is 0 Å². The van der Waals surface area contributed by atoms with Crippen molar-refractivity contribution in [2.45, 2.75) is 19.6 Å². The van der Waals surface area contributed by atoms with Gasteiger partial charge in [0.05, 0.1) is 17.1 Å². The molecule has 0 saturated carbocycles. The van der Waals surface area contributed by atoms with E-state index in [2.05, 4.69) is 10.6 Å². The van der Waals surface area contributed by atoms with Crippen LogP contribution in [0.1, 0.15) is 22.8 Å². The van der Waals surface area contributed by atoms with Crippen molar-refractivity contribution in [2.75, 3.05) is 25.6 Å². The smallest absolute Gasteiger partial charge is 0.339 e. The maximum Gasteiger partial charge on any atom is 0.339 e. The predicted molar refractivity (Wildman–Crippen MR) is 107 cm³/mol. The molecule has 0 aliphatic carbocycles. The molecule has 2 aromatic carbocycles. The van der Waals surface area contributed by atoms with Crippen LogP contribution in [0.2, 0.25) is 0 Å². The Labute approximate surface area is 168 Å². The number of rotatable bonds is 10. The number of carbonyl (C=O) groups is 2. The highest BCUT2D eigenvalue weighted by Crippen LogP contribution is 2.26. The molecule has 0 bridgehead atoms. The van der Waals surface area contributed by atoms with Crippen molar-refractivity contribution in [1.82, 2.24) is 5.32 Å². The van der Waals surface area contributed by atoms with Gasteiger partial charge in [-0.3, -0.25) is 14.9 Å². The minimum atomic E-state index is -1.05. The molecule has 1 atom stereocenters. The number of amides is 1. The quantitative estimate of drug-likeness (QED) is 0.272. The van der Waals surface area contributed by atoms with Crippen LogP contribution in [-0.2, 0) is 20.8 Å². The van der Waals surface area contributed by atoms with Gasteiger partial charge in [0.15, 0.2) is 6.10 Å². The first-order valence-electron chi connectivity index (χ1n) is 8.96. The van der Waals surface area contributed by atoms with Crippen LogP contribution in [0.15, 0.2) is 48.5 Å². The lowest BCUT2D eigenvalue weighted by Gasteiger charge is -2.14. The maximum atomic E-state index is 12.3. The number of hydrogen-bond acceptors (Lipinski definition) is 7. The standard InChI is InChI=1S/C20H23N3O6/c1-14(19(24)22-13-15-6-4-3-5-7-15)29-20(25)16-8-9-17(21-10-11-28-2)18(12-16)23(26)27/h3-9,12,14,21H,10-11,13H2,1-2H3,(H,22,24)/t14-/m1/s1. The summed E-state index contributed by atoms with van der Waals surface area (Å²) >= 11 is 0. The lowest BCUT2D eigenvalue weighted by molar-refractivity contribution is -0.384. The second-order valence-corrected chi connectivity index (χ2v) is 6.16. The van der Waals surface area contributed by atoms with Crippen LogP contribution >= 0.6 is 0 Å². The summed E-state index contributed by atoms with van der Waals surface area (Å²) < 4.78 is 10.0. The second-order valence-electron chi connectivity index (χ2n) is 6.16. The number of carbonyl (C=O) groups excluding carboxylic acids is 2. The lowest BCUT2D eigenvalue weighted by atomic mass is 10.1. The molecule has 0 saturated heterocycles. The van der Waals surface area contributed by atoms with E-state index in [0.717, 1.165) is 11.6 Å². The van der Waals surface area contributed by atoms with Crippen molar-refractivity contribution in [1.29, 1.82) is 0 Å². The van der Waals surface area contributed by atoms with E-state index in [1.54, 1.807) is 0 Å². The van der Waals surface area contributed by atoms with Crippen LogP contribution in [0.4, 0.5) is 11.4 Å². The zero-order valence-corrected chi connectivity index (χ0v) is 16.2. The lowest BCUT2D eigenvalue weighted by Crippen LogP contribution is -2.35. The van der Waals surface area contributed by atoms with Gasteiger partial charge in [0.25, 0.3) is 11.6 Å². The van der Waals surface area contributed by atoms with E-state index in [-0.39, 0.29) is 16.9 Å². The predicted octanol–water partition coefficient (Wildman–Crippen LogP) is 2.51. The van der Waals surface area contributed by atoms with E-state index in [9.17, 15) is 19.7 Å². The molecule has 0 spiro atoms. The summed E-state index contributed by atoms with van der Waals surface area (Å²) in [5.74, 6) is -1.28. The van der Waals surface area contributed by atoms with E-state index in [1.165, 1.54) is 26.2 Å². The Kier molecular flexibility index (Phi) is 8.11. The monoisotopic (exact) mass is 401 g/mol. The summed E-state index contributed by atoms with van der Waals surface area (Å²) in [7, 11) is 1.52. The molecule has 0 radical (unpaired) electrons. The zero-order chi connectivity index (χ0) is 21.2. The molecule has 154 valence electrons. The Morgan fingerprint density at radius 2 is 1.90 bits per heavy atom. The molecule has 1 amide bonds. The van der Waals surface area contributed by atoms with Crippen molar-refractivity contribution < 1.29 is 24.0 Å². The molecule has 0 aliphatic heterocycles. The van der Waals surface area contributed by atoms with Gasteiger partial charge >= 0.3 is 5.97 Å². The molecule has 0 unspecified atom stereocenters. The zero-order valence-electron chi connectivity index (χ0n) is 16.2. The van der Waals surface area contributed by atoms with E-state index in [4.69, 9.17) is 9.47 Å². The molecule has 0 heterocycles. The third kappa shape index (κ3) is 6.58. The number of anilines is 1. The Balaban J connectivity index is 1.98. The van der Waals surface area contributed by atoms with Crippen molar-refractivity contribution >= 4 is 23.3 Å². The Hall–Kier alpha value is -3.46. The van der Waals surface area contributed by atoms with Crippen LogP contribution in [-0.4, -0.2) is 43.2 Å². The van der Waals surface area contributed by atoms with E-state index in [1.807, 2.05) is 30.3 Å². The van der Waals surface area contributed by atoms with Crippen LogP contribution in [0.25, 0.3) is 0 Å². The fourth-order valence-electron chi connectivity index (χ4n) is 2.46. The molecule has 0 aromatic heterocycles. The van der Waals surface area contributed by atoms with E-state index < -0.39 is 22.9 Å². The maximum absolute atomic E-state index is 12.3. The number of nitro groups is 1. The highest BCUT2D eigenvalue weighted by molar-refractivity contribution is 5.93. The van der Waals surface area contributed by atoms with Gasteiger partial charge in [-0.05, 0) is 24.6 Å². The molecular formula is C20H23N3O6. The summed E-state index contributed by atoms with van der Waals surface area (Å²) in [6.45, 7) is 2.48. The van der Waals surface area contributed by atoms with E-state index >= 15 is 0 Å². The van der Waals surface area contributed by atoms with Crippen LogP contribution < -0.4 is 10.6 Å². The average molecular weight is 401 g/mol. The van der Waals surface area contributed by atoms with Gasteiger partial charge in [0, 0.05) is 26.3 Å². The third-order valence-electron chi connectivity index (χ3n) is 4.01. The summed E-state index contributed by atoms with van der Waals surface area (Å²) in [5.41, 5.74) is 0.886. The first-order chi connectivity index (χ1) is 13.9. The Morgan fingerprint density at radius 3 is 2.55 bits per heavy atom. The molecule has 2 aromatic rings. The number of methoxy groups -OCH3 is 1. The number of benzene rings is 2. The third-order valence-corrected chi connectivity index (χ3v) is 4.01. The van der Waals surface area contributed by atoms with Crippen LogP contribution in [0.3, 0.4) is 0 Å². The van der Waals surface area contributed by atoms with Gasteiger partial charge in [-0.25, -0.2) is 4.79 Å². The molecule has 0 fully saturated rings. The highest BCUT2D eigenvalue weighted by atomic mass is 16.6. The molecular weight excluding hydrogens is 378 g/mol. The molecule has 9 heteroatoms. The number of nitrogens with zero attached hydrogens (tertiary/aromatic N) is 1. The van der Waals surface area contributed by atoms with Crippen molar-refractivity contribution in [3.63, 3.8) is 0 Å². The largest absolute Gasteiger partial charge is 0.449 e. The number of ether oxygens (including phenoxy) is 2. The van der Waals surface area contributed by atoms with Crippen molar-refractivity contribution in [3.05, 3.63) is 69.8 Å². The summed E-state index contributed by atoms with van der Waals surface area (Å²) in [5, 5.41) is 16.8. The first kappa shape index (κ1) is 21.8. The number of hydrogen-bond donors (Lipinski definition) is 2. The summed E-state index contributed by atoms with van der Waals surface area (Å²) in [4.78, 5) is 35.2. The average Bonchev–Trinajstić information content (AvgIpc) is 2.72. The second kappa shape index (κ2) is 10.8.